The molecule has 178 valence electrons. The van der Waals surface area contributed by atoms with Gasteiger partial charge < -0.3 is 15.5 Å². The van der Waals surface area contributed by atoms with Crippen LogP contribution >= 0.6 is 11.3 Å². The lowest BCUT2D eigenvalue weighted by Crippen LogP contribution is -2.46. The molecular weight excluding hydrogens is 463 g/mol. The van der Waals surface area contributed by atoms with Crippen LogP contribution in [0.25, 0.3) is 32.4 Å². The van der Waals surface area contributed by atoms with E-state index >= 15 is 0 Å². The number of halogens is 1. The predicted molar refractivity (Wildman–Crippen MR) is 139 cm³/mol. The Balaban J connectivity index is 1.42. The van der Waals surface area contributed by atoms with Crippen LogP contribution in [0, 0.1) is 0 Å². The standard InChI is InChI=1S/C25H25FN8S/c1-33-7-5-20(18(26)12-33)31-23-11-17-22(10-16(23)19-6-8-34(2)32-19)27-13-28-25(17)30-15-3-4-21-24(9-15)35-14-29-21/h3-4,6,8-11,13-14,18,20,31H,5,7,12H2,1-2H3,(H,27,28,30)/t18-,20-/m0/s1. The minimum atomic E-state index is -0.961. The van der Waals surface area contributed by atoms with Gasteiger partial charge in [0, 0.05) is 48.7 Å². The Morgan fingerprint density at radius 3 is 2.80 bits per heavy atom. The highest BCUT2D eigenvalue weighted by atomic mass is 32.1. The summed E-state index contributed by atoms with van der Waals surface area (Å²) in [6.07, 6.45) is 3.22. The predicted octanol–water partition coefficient (Wildman–Crippen LogP) is 4.84. The van der Waals surface area contributed by atoms with E-state index in [9.17, 15) is 4.39 Å². The molecule has 0 aliphatic carbocycles. The topological polar surface area (TPSA) is 83.8 Å². The fourth-order valence-electron chi connectivity index (χ4n) is 4.58. The van der Waals surface area contributed by atoms with Crippen LogP contribution in [0.15, 0.2) is 54.4 Å². The smallest absolute Gasteiger partial charge is 0.141 e. The zero-order valence-electron chi connectivity index (χ0n) is 19.4. The molecule has 6 rings (SSSR count). The molecular formula is C25H25FN8S. The van der Waals surface area contributed by atoms with Crippen LogP contribution in [0.3, 0.4) is 0 Å². The van der Waals surface area contributed by atoms with E-state index in [1.807, 2.05) is 61.0 Å². The summed E-state index contributed by atoms with van der Waals surface area (Å²) >= 11 is 1.60. The number of anilines is 3. The van der Waals surface area contributed by atoms with Crippen molar-refractivity contribution >= 4 is 49.6 Å². The molecule has 0 bridgehead atoms. The van der Waals surface area contributed by atoms with E-state index in [2.05, 4.69) is 36.8 Å². The molecule has 0 radical (unpaired) electrons. The number of thiazole rings is 1. The molecule has 10 heteroatoms. The number of hydrogen-bond acceptors (Lipinski definition) is 8. The average molecular weight is 489 g/mol. The lowest BCUT2D eigenvalue weighted by atomic mass is 10.0. The van der Waals surface area contributed by atoms with E-state index in [1.54, 1.807) is 22.3 Å². The van der Waals surface area contributed by atoms with Crippen molar-refractivity contribution in [3.8, 4) is 11.3 Å². The van der Waals surface area contributed by atoms with Crippen LogP contribution in [0.2, 0.25) is 0 Å². The minimum absolute atomic E-state index is 0.277. The van der Waals surface area contributed by atoms with E-state index in [4.69, 9.17) is 0 Å². The first-order valence-electron chi connectivity index (χ1n) is 11.5. The molecule has 0 saturated carbocycles. The first-order valence-corrected chi connectivity index (χ1v) is 12.4. The maximum Gasteiger partial charge on any atom is 0.141 e. The molecule has 0 spiro atoms. The van der Waals surface area contributed by atoms with E-state index < -0.39 is 6.17 Å². The lowest BCUT2D eigenvalue weighted by Gasteiger charge is -2.33. The molecule has 0 amide bonds. The van der Waals surface area contributed by atoms with E-state index in [-0.39, 0.29) is 6.04 Å². The van der Waals surface area contributed by atoms with Crippen molar-refractivity contribution in [2.24, 2.45) is 7.05 Å². The Kier molecular flexibility index (Phi) is 5.54. The third kappa shape index (κ3) is 4.30. The SMILES string of the molecule is CN1CC[C@H](Nc2cc3c(Nc4ccc5ncsc5c4)ncnc3cc2-c2ccn(C)n2)[C@@H](F)C1. The monoisotopic (exact) mass is 488 g/mol. The molecule has 2 N–H and O–H groups in total. The maximum atomic E-state index is 14.9. The highest BCUT2D eigenvalue weighted by Gasteiger charge is 2.28. The summed E-state index contributed by atoms with van der Waals surface area (Å²) in [4.78, 5) is 15.4. The van der Waals surface area contributed by atoms with Crippen LogP contribution in [0.5, 0.6) is 0 Å². The Bertz CT molecular complexity index is 1510. The summed E-state index contributed by atoms with van der Waals surface area (Å²) in [7, 11) is 3.84. The normalized spacial score (nSPS) is 18.8. The van der Waals surface area contributed by atoms with Crippen LogP contribution in [-0.4, -0.2) is 62.0 Å². The quantitative estimate of drug-likeness (QED) is 0.366. The van der Waals surface area contributed by atoms with Gasteiger partial charge in [-0.3, -0.25) is 4.68 Å². The number of nitrogens with one attached hydrogen (secondary N) is 2. The lowest BCUT2D eigenvalue weighted by molar-refractivity contribution is 0.149. The molecule has 3 aromatic heterocycles. The molecule has 1 fully saturated rings. The van der Waals surface area contributed by atoms with Crippen molar-refractivity contribution in [3.05, 3.63) is 54.4 Å². The highest BCUT2D eigenvalue weighted by molar-refractivity contribution is 7.16. The zero-order chi connectivity index (χ0) is 23.9. The zero-order valence-corrected chi connectivity index (χ0v) is 20.3. The Labute approximate surface area is 205 Å². The first kappa shape index (κ1) is 21.9. The number of alkyl halides is 1. The van der Waals surface area contributed by atoms with Crippen molar-refractivity contribution < 1.29 is 4.39 Å². The molecule has 8 nitrogen and oxygen atoms in total. The Hall–Kier alpha value is -3.63. The summed E-state index contributed by atoms with van der Waals surface area (Å²) in [5.41, 5.74) is 7.04. The van der Waals surface area contributed by atoms with E-state index in [0.717, 1.165) is 56.7 Å². The van der Waals surface area contributed by atoms with Gasteiger partial charge in [-0.15, -0.1) is 11.3 Å². The van der Waals surface area contributed by atoms with Crippen molar-refractivity contribution in [3.63, 3.8) is 0 Å². The number of rotatable bonds is 5. The van der Waals surface area contributed by atoms with Gasteiger partial charge in [0.2, 0.25) is 0 Å². The van der Waals surface area contributed by atoms with Crippen molar-refractivity contribution in [1.29, 1.82) is 0 Å². The second-order valence-electron chi connectivity index (χ2n) is 8.99. The molecule has 2 atom stereocenters. The summed E-state index contributed by atoms with van der Waals surface area (Å²) in [5.74, 6) is 0.690. The van der Waals surface area contributed by atoms with Gasteiger partial charge in [-0.05, 0) is 49.9 Å². The van der Waals surface area contributed by atoms with Gasteiger partial charge in [0.15, 0.2) is 0 Å². The van der Waals surface area contributed by atoms with Crippen LogP contribution in [0.4, 0.5) is 21.6 Å². The number of likely N-dealkylation sites (tertiary alicyclic amines) is 1. The Morgan fingerprint density at radius 1 is 1.06 bits per heavy atom. The highest BCUT2D eigenvalue weighted by Crippen LogP contribution is 2.35. The summed E-state index contributed by atoms with van der Waals surface area (Å²) < 4.78 is 17.8. The van der Waals surface area contributed by atoms with Crippen molar-refractivity contribution in [2.45, 2.75) is 18.6 Å². The third-order valence-electron chi connectivity index (χ3n) is 6.44. The Morgan fingerprint density at radius 2 is 1.97 bits per heavy atom. The fraction of sp³-hybridized carbons (Fsp3) is 0.280. The number of aryl methyl sites for hydroxylation is 1. The van der Waals surface area contributed by atoms with Gasteiger partial charge in [0.05, 0.1) is 33.0 Å². The van der Waals surface area contributed by atoms with Crippen LogP contribution in [-0.2, 0) is 7.05 Å². The van der Waals surface area contributed by atoms with E-state index in [1.165, 1.54) is 0 Å². The maximum absolute atomic E-state index is 14.9. The molecule has 2 aromatic carbocycles. The van der Waals surface area contributed by atoms with Gasteiger partial charge in [-0.2, -0.15) is 5.10 Å². The largest absolute Gasteiger partial charge is 0.379 e. The summed E-state index contributed by atoms with van der Waals surface area (Å²) in [5, 5.41) is 12.4. The van der Waals surface area contributed by atoms with Crippen molar-refractivity contribution in [2.75, 3.05) is 30.8 Å². The number of aromatic nitrogens is 5. The van der Waals surface area contributed by atoms with E-state index in [0.29, 0.717) is 12.4 Å². The molecule has 5 aromatic rings. The number of benzene rings is 2. The molecule has 0 unspecified atom stereocenters. The molecule has 1 aliphatic heterocycles. The third-order valence-corrected chi connectivity index (χ3v) is 7.24. The van der Waals surface area contributed by atoms with Gasteiger partial charge in [-0.25, -0.2) is 19.3 Å². The van der Waals surface area contributed by atoms with Crippen molar-refractivity contribution in [1.82, 2.24) is 29.6 Å². The molecule has 1 aliphatic rings. The fourth-order valence-corrected chi connectivity index (χ4v) is 5.30. The number of piperidine rings is 1. The second kappa shape index (κ2) is 8.86. The second-order valence-corrected chi connectivity index (χ2v) is 9.88. The van der Waals surface area contributed by atoms with Crippen LogP contribution < -0.4 is 10.6 Å². The summed E-state index contributed by atoms with van der Waals surface area (Å²) in [6, 6.07) is 11.7. The first-order chi connectivity index (χ1) is 17.0. The van der Waals surface area contributed by atoms with Gasteiger partial charge >= 0.3 is 0 Å². The van der Waals surface area contributed by atoms with Crippen LogP contribution in [0.1, 0.15) is 6.42 Å². The number of nitrogens with zero attached hydrogens (tertiary/aromatic N) is 6. The number of fused-ring (bicyclic) bond motifs is 2. The minimum Gasteiger partial charge on any atom is -0.379 e. The van der Waals surface area contributed by atoms with Gasteiger partial charge in [0.25, 0.3) is 0 Å². The average Bonchev–Trinajstić information content (AvgIpc) is 3.49. The molecule has 35 heavy (non-hydrogen) atoms. The number of hydrogen-bond donors (Lipinski definition) is 2. The van der Waals surface area contributed by atoms with Gasteiger partial charge in [-0.1, -0.05) is 0 Å². The molecule has 4 heterocycles. The molecule has 1 saturated heterocycles. The van der Waals surface area contributed by atoms with Gasteiger partial charge in [0.1, 0.15) is 18.3 Å². The summed E-state index contributed by atoms with van der Waals surface area (Å²) in [6.45, 7) is 1.26.